The predicted octanol–water partition coefficient (Wildman–Crippen LogP) is 1.62. The van der Waals surface area contributed by atoms with Gasteiger partial charge in [-0.3, -0.25) is 9.69 Å². The lowest BCUT2D eigenvalue weighted by Gasteiger charge is -2.33. The summed E-state index contributed by atoms with van der Waals surface area (Å²) in [5.41, 5.74) is 0.113. The van der Waals surface area contributed by atoms with Crippen LogP contribution in [0.4, 0.5) is 0 Å². The van der Waals surface area contributed by atoms with Crippen LogP contribution in [0.1, 0.15) is 27.2 Å². The molecule has 0 aromatic heterocycles. The Morgan fingerprint density at radius 2 is 2.08 bits per heavy atom. The number of carbonyl (C=O) groups is 1. The molecular formula is C10H17NO. The zero-order chi connectivity index (χ0) is 9.19. The molecule has 2 nitrogen and oxygen atoms in total. The van der Waals surface area contributed by atoms with Gasteiger partial charge in [-0.25, -0.2) is 0 Å². The van der Waals surface area contributed by atoms with Gasteiger partial charge >= 0.3 is 0 Å². The molecular weight excluding hydrogens is 150 g/mol. The topological polar surface area (TPSA) is 20.3 Å². The molecule has 1 aliphatic heterocycles. The maximum absolute atomic E-state index is 11.2. The summed E-state index contributed by atoms with van der Waals surface area (Å²) in [7, 11) is 0. The summed E-state index contributed by atoms with van der Waals surface area (Å²) < 4.78 is 0. The van der Waals surface area contributed by atoms with Crippen LogP contribution in [-0.2, 0) is 4.79 Å². The first-order chi connectivity index (χ1) is 5.50. The van der Waals surface area contributed by atoms with Gasteiger partial charge in [-0.1, -0.05) is 6.08 Å². The smallest absolute Gasteiger partial charge is 0.169 e. The van der Waals surface area contributed by atoms with Crippen molar-refractivity contribution in [1.29, 1.82) is 0 Å². The van der Waals surface area contributed by atoms with E-state index in [9.17, 15) is 4.79 Å². The molecule has 0 aliphatic carbocycles. The molecule has 0 amide bonds. The molecule has 0 atom stereocenters. The number of carbonyl (C=O) groups excluding carboxylic acids is 1. The molecule has 1 rings (SSSR count). The molecule has 12 heavy (non-hydrogen) atoms. The molecule has 0 unspecified atom stereocenters. The minimum Gasteiger partial charge on any atom is -0.293 e. The molecule has 0 fully saturated rings. The minimum atomic E-state index is 0.113. The lowest BCUT2D eigenvalue weighted by atomic mass is 10.1. The van der Waals surface area contributed by atoms with Crippen LogP contribution >= 0.6 is 0 Å². The van der Waals surface area contributed by atoms with Gasteiger partial charge in [0.25, 0.3) is 0 Å². The highest BCUT2D eigenvalue weighted by atomic mass is 16.1. The second-order valence-electron chi connectivity index (χ2n) is 4.25. The van der Waals surface area contributed by atoms with Crippen LogP contribution in [0.2, 0.25) is 0 Å². The van der Waals surface area contributed by atoms with Crippen LogP contribution in [0, 0.1) is 0 Å². The van der Waals surface area contributed by atoms with Gasteiger partial charge in [0.05, 0.1) is 6.54 Å². The third kappa shape index (κ3) is 2.45. The standard InChI is InChI=1S/C10H17NO/c1-10(2,3)11-7-5-4-6-9(12)8-11/h4,6H,5,7-8H2,1-3H3. The summed E-state index contributed by atoms with van der Waals surface area (Å²) >= 11 is 0. The highest BCUT2D eigenvalue weighted by molar-refractivity contribution is 5.91. The Hall–Kier alpha value is -0.630. The Kier molecular flexibility index (Phi) is 2.68. The highest BCUT2D eigenvalue weighted by Crippen LogP contribution is 2.15. The van der Waals surface area contributed by atoms with Crippen molar-refractivity contribution in [3.05, 3.63) is 12.2 Å². The fourth-order valence-electron chi connectivity index (χ4n) is 1.34. The van der Waals surface area contributed by atoms with Gasteiger partial charge in [0.1, 0.15) is 0 Å². The molecule has 0 saturated carbocycles. The van der Waals surface area contributed by atoms with Crippen molar-refractivity contribution in [2.75, 3.05) is 13.1 Å². The summed E-state index contributed by atoms with van der Waals surface area (Å²) in [5, 5.41) is 0. The van der Waals surface area contributed by atoms with Gasteiger partial charge in [0.15, 0.2) is 5.78 Å². The summed E-state index contributed by atoms with van der Waals surface area (Å²) in [4.78, 5) is 13.4. The van der Waals surface area contributed by atoms with Crippen LogP contribution in [0.25, 0.3) is 0 Å². The largest absolute Gasteiger partial charge is 0.293 e. The molecule has 0 N–H and O–H groups in total. The van der Waals surface area contributed by atoms with E-state index in [1.165, 1.54) is 0 Å². The Balaban J connectivity index is 2.64. The van der Waals surface area contributed by atoms with Crippen molar-refractivity contribution < 1.29 is 4.79 Å². The third-order valence-electron chi connectivity index (χ3n) is 2.16. The maximum Gasteiger partial charge on any atom is 0.169 e. The molecule has 2 heteroatoms. The summed E-state index contributed by atoms with van der Waals surface area (Å²) in [6.45, 7) is 7.99. The van der Waals surface area contributed by atoms with Crippen molar-refractivity contribution in [1.82, 2.24) is 4.90 Å². The molecule has 68 valence electrons. The van der Waals surface area contributed by atoms with E-state index in [2.05, 4.69) is 25.7 Å². The van der Waals surface area contributed by atoms with Gasteiger partial charge in [-0.15, -0.1) is 0 Å². The van der Waals surface area contributed by atoms with E-state index in [4.69, 9.17) is 0 Å². The Morgan fingerprint density at radius 1 is 1.42 bits per heavy atom. The number of nitrogens with zero attached hydrogens (tertiary/aromatic N) is 1. The quantitative estimate of drug-likeness (QED) is 0.546. The zero-order valence-corrected chi connectivity index (χ0v) is 8.13. The average Bonchev–Trinajstić information content (AvgIpc) is 2.11. The van der Waals surface area contributed by atoms with E-state index in [1.807, 2.05) is 6.08 Å². The van der Waals surface area contributed by atoms with E-state index < -0.39 is 0 Å². The molecule has 0 spiro atoms. The van der Waals surface area contributed by atoms with Crippen LogP contribution < -0.4 is 0 Å². The first-order valence-corrected chi connectivity index (χ1v) is 4.44. The second kappa shape index (κ2) is 3.40. The van der Waals surface area contributed by atoms with E-state index >= 15 is 0 Å². The van der Waals surface area contributed by atoms with Gasteiger partial charge in [0, 0.05) is 12.1 Å². The first kappa shape index (κ1) is 9.46. The lowest BCUT2D eigenvalue weighted by molar-refractivity contribution is -0.116. The van der Waals surface area contributed by atoms with E-state index in [0.717, 1.165) is 13.0 Å². The van der Waals surface area contributed by atoms with Crippen molar-refractivity contribution in [3.8, 4) is 0 Å². The summed E-state index contributed by atoms with van der Waals surface area (Å²) in [6.07, 6.45) is 4.66. The first-order valence-electron chi connectivity index (χ1n) is 4.44. The number of hydrogen-bond donors (Lipinski definition) is 0. The van der Waals surface area contributed by atoms with Crippen LogP contribution in [-0.4, -0.2) is 29.3 Å². The minimum absolute atomic E-state index is 0.113. The van der Waals surface area contributed by atoms with Gasteiger partial charge in [-0.2, -0.15) is 0 Å². The zero-order valence-electron chi connectivity index (χ0n) is 8.13. The van der Waals surface area contributed by atoms with Gasteiger partial charge in [-0.05, 0) is 33.3 Å². The van der Waals surface area contributed by atoms with E-state index in [0.29, 0.717) is 6.54 Å². The second-order valence-corrected chi connectivity index (χ2v) is 4.25. The number of ketones is 1. The molecule has 1 aliphatic rings. The molecule has 0 radical (unpaired) electrons. The van der Waals surface area contributed by atoms with Crippen molar-refractivity contribution in [2.45, 2.75) is 32.7 Å². The summed E-state index contributed by atoms with van der Waals surface area (Å²) in [5.74, 6) is 0.224. The van der Waals surface area contributed by atoms with Gasteiger partial charge in [0.2, 0.25) is 0 Å². The third-order valence-corrected chi connectivity index (χ3v) is 2.16. The van der Waals surface area contributed by atoms with Crippen LogP contribution in [0.15, 0.2) is 12.2 Å². The Bertz CT molecular complexity index is 200. The van der Waals surface area contributed by atoms with Crippen LogP contribution in [0.3, 0.4) is 0 Å². The predicted molar refractivity (Wildman–Crippen MR) is 50.1 cm³/mol. The molecule has 0 aromatic rings. The van der Waals surface area contributed by atoms with E-state index in [1.54, 1.807) is 6.08 Å². The maximum atomic E-state index is 11.2. The molecule has 0 saturated heterocycles. The van der Waals surface area contributed by atoms with Crippen molar-refractivity contribution in [2.24, 2.45) is 0 Å². The van der Waals surface area contributed by atoms with E-state index in [-0.39, 0.29) is 11.3 Å². The lowest BCUT2D eigenvalue weighted by Crippen LogP contribution is -2.43. The fraction of sp³-hybridized carbons (Fsp3) is 0.700. The monoisotopic (exact) mass is 167 g/mol. The molecule has 0 aromatic carbocycles. The van der Waals surface area contributed by atoms with Crippen molar-refractivity contribution in [3.63, 3.8) is 0 Å². The normalized spacial score (nSPS) is 21.1. The average molecular weight is 167 g/mol. The summed E-state index contributed by atoms with van der Waals surface area (Å²) in [6, 6.07) is 0. The Labute approximate surface area is 74.2 Å². The fourth-order valence-corrected chi connectivity index (χ4v) is 1.34. The van der Waals surface area contributed by atoms with Crippen LogP contribution in [0.5, 0.6) is 0 Å². The Morgan fingerprint density at radius 3 is 2.67 bits per heavy atom. The number of hydrogen-bond acceptors (Lipinski definition) is 2. The van der Waals surface area contributed by atoms with Crippen molar-refractivity contribution >= 4 is 5.78 Å². The highest BCUT2D eigenvalue weighted by Gasteiger charge is 2.23. The van der Waals surface area contributed by atoms with Gasteiger partial charge < -0.3 is 0 Å². The SMILES string of the molecule is CC(C)(C)N1CCC=CC(=O)C1. The molecule has 0 bridgehead atoms. The molecule has 1 heterocycles. The number of rotatable bonds is 0.